The van der Waals surface area contributed by atoms with E-state index in [1.165, 1.54) is 6.20 Å². The number of hydrogen-bond donors (Lipinski definition) is 3. The molecule has 1 aromatic heterocycles. The van der Waals surface area contributed by atoms with Crippen molar-refractivity contribution in [3.8, 4) is 0 Å². The molecule has 1 saturated heterocycles. The van der Waals surface area contributed by atoms with Crippen molar-refractivity contribution in [1.29, 1.82) is 0 Å². The van der Waals surface area contributed by atoms with E-state index < -0.39 is 34.4 Å². The molecule has 25 heavy (non-hydrogen) atoms. The molecular formula is C12H15N5O7S. The molecule has 2 atom stereocenters. The highest BCUT2D eigenvalue weighted by atomic mass is 32.3. The van der Waals surface area contributed by atoms with Crippen LogP contribution in [0.3, 0.4) is 0 Å². The number of carbonyl (C=O) groups is 2. The third-order valence-corrected chi connectivity index (χ3v) is 4.05. The predicted octanol–water partition coefficient (Wildman–Crippen LogP) is -1.34. The maximum absolute atomic E-state index is 12.5. The molecule has 3 rings (SSSR count). The van der Waals surface area contributed by atoms with Crippen LogP contribution in [-0.4, -0.2) is 59.6 Å². The number of pyridine rings is 1. The summed E-state index contributed by atoms with van der Waals surface area (Å²) in [5.41, 5.74) is 8.13. The zero-order valence-electron chi connectivity index (χ0n) is 12.7. The van der Waals surface area contributed by atoms with Gasteiger partial charge in [-0.2, -0.15) is 13.5 Å². The van der Waals surface area contributed by atoms with Crippen molar-refractivity contribution in [2.75, 3.05) is 19.7 Å². The minimum Gasteiger partial charge on any atom is -0.328 e. The average molecular weight is 373 g/mol. The molecule has 3 heterocycles. The van der Waals surface area contributed by atoms with Gasteiger partial charge in [0.1, 0.15) is 6.04 Å². The Balaban J connectivity index is 1.95. The number of aromatic nitrogens is 1. The van der Waals surface area contributed by atoms with Crippen LogP contribution in [0.25, 0.3) is 0 Å². The van der Waals surface area contributed by atoms with Crippen LogP contribution in [0.4, 0.5) is 4.79 Å². The molecule has 13 heteroatoms. The Labute approximate surface area is 142 Å². The number of nitrogens with one attached hydrogen (secondary N) is 1. The van der Waals surface area contributed by atoms with Crippen molar-refractivity contribution in [2.45, 2.75) is 12.1 Å². The third-order valence-electron chi connectivity index (χ3n) is 3.70. The van der Waals surface area contributed by atoms with Crippen LogP contribution < -0.4 is 11.2 Å². The molecule has 0 aliphatic carbocycles. The number of nitrogens with zero attached hydrogens (tertiary/aromatic N) is 3. The number of hydrogen-bond acceptors (Lipinski definition) is 8. The summed E-state index contributed by atoms with van der Waals surface area (Å²) in [4.78, 5) is 35.0. The summed E-state index contributed by atoms with van der Waals surface area (Å²) in [6.45, 7) is 0.227. The van der Waals surface area contributed by atoms with Crippen LogP contribution in [-0.2, 0) is 24.3 Å². The first kappa shape index (κ1) is 17.5. The Hall–Kier alpha value is -2.32. The Morgan fingerprint density at radius 1 is 1.52 bits per heavy atom. The molecule has 0 unspecified atom stereocenters. The van der Waals surface area contributed by atoms with Crippen molar-refractivity contribution >= 4 is 22.3 Å². The van der Waals surface area contributed by atoms with Gasteiger partial charge in [0.15, 0.2) is 6.04 Å². The molecule has 1 aromatic rings. The van der Waals surface area contributed by atoms with Gasteiger partial charge < -0.3 is 10.6 Å². The molecule has 0 spiro atoms. The van der Waals surface area contributed by atoms with E-state index in [1.54, 1.807) is 12.1 Å². The maximum Gasteiger partial charge on any atom is 0.418 e. The Morgan fingerprint density at radius 3 is 2.96 bits per heavy atom. The van der Waals surface area contributed by atoms with Gasteiger partial charge in [0.25, 0.3) is 5.91 Å². The number of rotatable bonds is 6. The van der Waals surface area contributed by atoms with E-state index in [9.17, 15) is 18.0 Å². The molecule has 0 aromatic carbocycles. The molecule has 12 nitrogen and oxygen atoms in total. The van der Waals surface area contributed by atoms with Gasteiger partial charge in [0.05, 0.1) is 18.8 Å². The summed E-state index contributed by atoms with van der Waals surface area (Å²) in [5.74, 6) is -0.672. The number of amides is 3. The van der Waals surface area contributed by atoms with E-state index in [4.69, 9.17) is 15.1 Å². The Kier molecular flexibility index (Phi) is 4.57. The summed E-state index contributed by atoms with van der Waals surface area (Å²) in [6, 6.07) is 0.270. The molecule has 2 aliphatic rings. The fourth-order valence-electron chi connectivity index (χ4n) is 2.81. The highest BCUT2D eigenvalue weighted by Gasteiger charge is 2.52. The summed E-state index contributed by atoms with van der Waals surface area (Å²) in [7, 11) is -4.92. The van der Waals surface area contributed by atoms with Gasteiger partial charge in [-0.25, -0.2) is 10.3 Å². The van der Waals surface area contributed by atoms with E-state index >= 15 is 0 Å². The second-order valence-corrected chi connectivity index (χ2v) is 6.27. The highest BCUT2D eigenvalue weighted by molar-refractivity contribution is 7.80. The summed E-state index contributed by atoms with van der Waals surface area (Å²) < 4.78 is 35.3. The van der Waals surface area contributed by atoms with Crippen LogP contribution in [0, 0.1) is 0 Å². The average Bonchev–Trinajstić information content (AvgIpc) is 2.81. The molecular weight excluding hydrogens is 358 g/mol. The fraction of sp³-hybridized carbons (Fsp3) is 0.417. The second kappa shape index (κ2) is 6.53. The summed E-state index contributed by atoms with van der Waals surface area (Å²) in [5, 5.41) is 0.504. The number of urea groups is 1. The first-order valence-electron chi connectivity index (χ1n) is 7.17. The number of nitrogens with two attached hydrogens (primary N) is 1. The van der Waals surface area contributed by atoms with Crippen LogP contribution in [0.15, 0.2) is 18.3 Å². The smallest absolute Gasteiger partial charge is 0.328 e. The SMILES string of the molecule is NCCONC(=O)[C@@H]1c2ncccc2[C@@H]2CN1C(=O)N2OS(=O)(=O)O. The lowest BCUT2D eigenvalue weighted by Gasteiger charge is -2.30. The topological polar surface area (TPSA) is 164 Å². The second-order valence-electron chi connectivity index (χ2n) is 5.26. The van der Waals surface area contributed by atoms with E-state index in [0.29, 0.717) is 10.6 Å². The lowest BCUT2D eigenvalue weighted by molar-refractivity contribution is -0.138. The summed E-state index contributed by atoms with van der Waals surface area (Å²) >= 11 is 0. The lowest BCUT2D eigenvalue weighted by Crippen LogP contribution is -2.44. The molecule has 2 aliphatic heterocycles. The van der Waals surface area contributed by atoms with E-state index in [-0.39, 0.29) is 25.4 Å². The van der Waals surface area contributed by atoms with Crippen molar-refractivity contribution in [3.05, 3.63) is 29.6 Å². The van der Waals surface area contributed by atoms with Crippen molar-refractivity contribution in [3.63, 3.8) is 0 Å². The third kappa shape index (κ3) is 3.27. The number of hydroxylamine groups is 3. The van der Waals surface area contributed by atoms with Gasteiger partial charge in [0.2, 0.25) is 0 Å². The van der Waals surface area contributed by atoms with Gasteiger partial charge in [-0.05, 0) is 6.07 Å². The van der Waals surface area contributed by atoms with Gasteiger partial charge in [-0.15, -0.1) is 4.28 Å². The van der Waals surface area contributed by atoms with Crippen molar-refractivity contribution in [2.24, 2.45) is 5.73 Å². The molecule has 0 radical (unpaired) electrons. The minimum atomic E-state index is -4.92. The van der Waals surface area contributed by atoms with Crippen molar-refractivity contribution in [1.82, 2.24) is 20.4 Å². The molecule has 0 saturated carbocycles. The Morgan fingerprint density at radius 2 is 2.28 bits per heavy atom. The van der Waals surface area contributed by atoms with E-state index in [0.717, 1.165) is 4.90 Å². The summed E-state index contributed by atoms with van der Waals surface area (Å²) in [6.07, 6.45) is 1.43. The molecule has 4 N–H and O–H groups in total. The fourth-order valence-corrected chi connectivity index (χ4v) is 3.19. The predicted molar refractivity (Wildman–Crippen MR) is 79.4 cm³/mol. The van der Waals surface area contributed by atoms with Crippen LogP contribution in [0.5, 0.6) is 0 Å². The zero-order valence-corrected chi connectivity index (χ0v) is 13.5. The van der Waals surface area contributed by atoms with Crippen LogP contribution in [0.2, 0.25) is 0 Å². The monoisotopic (exact) mass is 373 g/mol. The van der Waals surface area contributed by atoms with Crippen LogP contribution in [0.1, 0.15) is 23.3 Å². The van der Waals surface area contributed by atoms with E-state index in [1.807, 2.05) is 0 Å². The zero-order chi connectivity index (χ0) is 18.2. The number of carbonyl (C=O) groups excluding carboxylic acids is 2. The van der Waals surface area contributed by atoms with Gasteiger partial charge in [-0.1, -0.05) is 6.07 Å². The largest absolute Gasteiger partial charge is 0.418 e. The van der Waals surface area contributed by atoms with Crippen molar-refractivity contribution < 1.29 is 31.7 Å². The first-order chi connectivity index (χ1) is 11.8. The normalized spacial score (nSPS) is 22.1. The van der Waals surface area contributed by atoms with Gasteiger partial charge in [-0.3, -0.25) is 19.2 Å². The van der Waals surface area contributed by atoms with Crippen LogP contribution >= 0.6 is 0 Å². The quantitative estimate of drug-likeness (QED) is 0.311. The molecule has 2 bridgehead atoms. The number of fused-ring (bicyclic) bond motifs is 4. The van der Waals surface area contributed by atoms with Gasteiger partial charge in [0, 0.05) is 18.3 Å². The van der Waals surface area contributed by atoms with E-state index in [2.05, 4.69) is 14.7 Å². The standard InChI is InChI=1S/C12H15N5O7S/c13-3-5-23-15-11(18)10-9-7(2-1-4-14-9)8-6-16(10)12(19)17(8)24-25(20,21)22/h1-2,4,8,10H,3,5-6,13H2,(H,15,18)(H,20,21,22)/t8-,10-/m0/s1. The first-order valence-corrected chi connectivity index (χ1v) is 8.53. The Bertz CT molecular complexity index is 801. The molecule has 136 valence electrons. The maximum atomic E-state index is 12.5. The molecule has 3 amide bonds. The highest BCUT2D eigenvalue weighted by Crippen LogP contribution is 2.43. The minimum absolute atomic E-state index is 0.0258. The lowest BCUT2D eigenvalue weighted by atomic mass is 9.95. The molecule has 1 fully saturated rings. The van der Waals surface area contributed by atoms with Gasteiger partial charge >= 0.3 is 16.4 Å².